The summed E-state index contributed by atoms with van der Waals surface area (Å²) in [7, 11) is -7.37. The number of halogens is 1. The number of anilines is 3. The lowest BCUT2D eigenvalue weighted by Gasteiger charge is -2.28. The molecule has 81 heavy (non-hydrogen) atoms. The van der Waals surface area contributed by atoms with Gasteiger partial charge in [-0.15, -0.1) is 22.7 Å². The fraction of sp³-hybridized carbons (Fsp3) is 0.500. The number of nitrogens with zero attached hydrogens (tertiary/aromatic N) is 6. The van der Waals surface area contributed by atoms with E-state index in [4.69, 9.17) is 15.2 Å². The number of hydrogen-bond acceptors (Lipinski definition) is 18. The SMILES string of the molecule is CC(C)c1cnc(N)cn1.CCNS(=O)(=O)c1cc(Br)ccc1-c1cnc(C2CCC(NC(=O)OC(C)C)CC2)s1.CCNS(=O)(=O)c1cc(Nc2cnc(C(C)C)cn2)ccc1-c1cnc(C2CCC(NC(=O)OC(C)C)CC2)s1. The molecular weight excluding hydrogens is 1180 g/mol. The maximum absolute atomic E-state index is 13.2. The molecule has 20 nitrogen and oxygen atoms in total. The van der Waals surface area contributed by atoms with Crippen LogP contribution in [0.15, 0.2) is 87.8 Å². The van der Waals surface area contributed by atoms with Crippen molar-refractivity contribution in [2.75, 3.05) is 24.1 Å². The normalized spacial score (nSPS) is 17.4. The molecule has 4 aromatic heterocycles. The second-order valence-corrected chi connectivity index (χ2v) is 27.4. The van der Waals surface area contributed by atoms with Crippen molar-refractivity contribution < 1.29 is 35.9 Å². The van der Waals surface area contributed by atoms with Gasteiger partial charge in [-0.1, -0.05) is 69.6 Å². The van der Waals surface area contributed by atoms with E-state index in [0.717, 1.165) is 82.5 Å². The van der Waals surface area contributed by atoms with Crippen LogP contribution in [0, 0.1) is 0 Å². The van der Waals surface area contributed by atoms with Crippen LogP contribution in [0.4, 0.5) is 26.9 Å². The first-order valence-electron chi connectivity index (χ1n) is 27.4. The Morgan fingerprint density at radius 3 is 1.44 bits per heavy atom. The second-order valence-electron chi connectivity index (χ2n) is 20.9. The highest BCUT2D eigenvalue weighted by Crippen LogP contribution is 2.42. The lowest BCUT2D eigenvalue weighted by molar-refractivity contribution is 0.108. The van der Waals surface area contributed by atoms with E-state index < -0.39 is 20.0 Å². The first-order valence-corrected chi connectivity index (χ1v) is 32.8. The zero-order valence-corrected chi connectivity index (χ0v) is 52.5. The molecule has 6 aromatic rings. The molecule has 25 heteroatoms. The van der Waals surface area contributed by atoms with E-state index >= 15 is 0 Å². The van der Waals surface area contributed by atoms with Crippen molar-refractivity contribution in [2.45, 2.75) is 178 Å². The predicted molar refractivity (Wildman–Crippen MR) is 324 cm³/mol. The Labute approximate surface area is 493 Å². The molecule has 4 heterocycles. The largest absolute Gasteiger partial charge is 0.447 e. The first-order chi connectivity index (χ1) is 38.4. The Bertz CT molecular complexity index is 3220. The summed E-state index contributed by atoms with van der Waals surface area (Å²) < 4.78 is 68.1. The van der Waals surface area contributed by atoms with Crippen LogP contribution in [0.5, 0.6) is 0 Å². The Morgan fingerprint density at radius 2 is 1.04 bits per heavy atom. The molecule has 2 amide bonds. The van der Waals surface area contributed by atoms with E-state index in [1.54, 1.807) is 69.2 Å². The third-order valence-corrected chi connectivity index (χ3v) is 19.1. The van der Waals surface area contributed by atoms with Crippen LogP contribution in [0.2, 0.25) is 0 Å². The van der Waals surface area contributed by atoms with Gasteiger partial charge in [-0.05, 0) is 115 Å². The van der Waals surface area contributed by atoms with Crippen molar-refractivity contribution in [2.24, 2.45) is 0 Å². The van der Waals surface area contributed by atoms with Gasteiger partial charge in [0.15, 0.2) is 0 Å². The average molecular weight is 1250 g/mol. The average Bonchev–Trinajstić information content (AvgIpc) is 4.12. The molecule has 0 atom stereocenters. The van der Waals surface area contributed by atoms with Gasteiger partial charge in [-0.25, -0.2) is 55.8 Å². The van der Waals surface area contributed by atoms with Gasteiger partial charge in [0.05, 0.1) is 77.9 Å². The predicted octanol–water partition coefficient (Wildman–Crippen LogP) is 12.1. The molecule has 2 saturated carbocycles. The van der Waals surface area contributed by atoms with Crippen molar-refractivity contribution >= 4 is 88.2 Å². The zero-order valence-electron chi connectivity index (χ0n) is 47.7. The summed E-state index contributed by atoms with van der Waals surface area (Å²) in [5.74, 6) is 2.27. The number of aromatic nitrogens is 6. The molecule has 440 valence electrons. The zero-order chi connectivity index (χ0) is 59.0. The minimum atomic E-state index is -3.76. The number of thiazole rings is 2. The number of ether oxygens (including phenoxy) is 2. The summed E-state index contributed by atoms with van der Waals surface area (Å²) in [4.78, 5) is 52.0. The van der Waals surface area contributed by atoms with Crippen molar-refractivity contribution in [1.82, 2.24) is 50.0 Å². The summed E-state index contributed by atoms with van der Waals surface area (Å²) in [6, 6.07) is 10.7. The number of rotatable bonds is 18. The number of carbonyl (C=O) groups is 2. The lowest BCUT2D eigenvalue weighted by Crippen LogP contribution is -2.38. The number of benzene rings is 2. The van der Waals surface area contributed by atoms with Crippen LogP contribution in [-0.4, -0.2) is 96.3 Å². The Balaban J connectivity index is 0.000000227. The van der Waals surface area contributed by atoms with Gasteiger partial charge < -0.3 is 31.2 Å². The first kappa shape index (κ1) is 64.5. The van der Waals surface area contributed by atoms with Crippen LogP contribution < -0.4 is 31.1 Å². The Kier molecular flexibility index (Phi) is 23.9. The topological polar surface area (TPSA) is 284 Å². The van der Waals surface area contributed by atoms with Gasteiger partial charge >= 0.3 is 12.2 Å². The molecule has 2 aliphatic rings. The molecule has 0 radical (unpaired) electrons. The molecule has 2 fully saturated rings. The van der Waals surface area contributed by atoms with Gasteiger partial charge in [-0.2, -0.15) is 0 Å². The Hall–Kier alpha value is -5.70. The molecule has 8 rings (SSSR count). The van der Waals surface area contributed by atoms with E-state index in [1.807, 2.05) is 59.7 Å². The van der Waals surface area contributed by atoms with Crippen molar-refractivity contribution in [1.29, 1.82) is 0 Å². The number of carbonyl (C=O) groups excluding carboxylic acids is 2. The van der Waals surface area contributed by atoms with Crippen molar-refractivity contribution in [3.8, 4) is 20.9 Å². The van der Waals surface area contributed by atoms with E-state index in [0.29, 0.717) is 51.3 Å². The van der Waals surface area contributed by atoms with Gasteiger partial charge in [0.2, 0.25) is 20.0 Å². The van der Waals surface area contributed by atoms with Crippen molar-refractivity contribution in [3.05, 3.63) is 99.5 Å². The molecular formula is C56H77BrN12O8S4. The van der Waals surface area contributed by atoms with Crippen LogP contribution in [0.1, 0.15) is 166 Å². The minimum absolute atomic E-state index is 0.0881. The molecule has 0 spiro atoms. The van der Waals surface area contributed by atoms with Crippen molar-refractivity contribution in [3.63, 3.8) is 0 Å². The van der Waals surface area contributed by atoms with Gasteiger partial charge in [0, 0.05) is 70.7 Å². The standard InChI is InChI=1S/C28H38N6O4S2.C21H28BrN3O4S2.C7H11N3/c1-6-32-40(36,37)25-13-21(33-26-16-29-23(14-30-26)17(2)3)11-12-22(25)24-15-31-27(39-24)19-7-9-20(10-8-19)34-28(35)38-18(4)5;1-4-24-31(27,28)19-11-15(22)7-10-17(19)18-12-23-20(30-18)14-5-8-16(9-6-14)25-21(26)29-13(2)3;1-5(2)6-3-10-7(8)4-9-6/h11-20,32H,6-10H2,1-5H3,(H,30,33)(H,34,35);7,10-14,16,24H,4-6,8-9H2,1-3H3,(H,25,26);3-5H,1-2H3,(H2,8,10). The molecule has 0 saturated heterocycles. The van der Waals surface area contributed by atoms with E-state index in [-0.39, 0.29) is 64.6 Å². The molecule has 2 aromatic carbocycles. The number of alkyl carbamates (subject to hydrolysis) is 2. The maximum atomic E-state index is 13.2. The van der Waals surface area contributed by atoms with E-state index in [9.17, 15) is 26.4 Å². The highest BCUT2D eigenvalue weighted by atomic mass is 79.9. The summed E-state index contributed by atoms with van der Waals surface area (Å²) in [5, 5.41) is 11.0. The molecule has 7 N–H and O–H groups in total. The number of sulfonamides is 2. The second kappa shape index (κ2) is 30.0. The van der Waals surface area contributed by atoms with Gasteiger partial charge in [0.25, 0.3) is 0 Å². The monoisotopic (exact) mass is 1250 g/mol. The van der Waals surface area contributed by atoms with E-state index in [2.05, 4.69) is 85.1 Å². The number of amides is 2. The van der Waals surface area contributed by atoms with E-state index in [1.165, 1.54) is 22.7 Å². The number of nitrogens with two attached hydrogens (primary N) is 1. The summed E-state index contributed by atoms with van der Waals surface area (Å²) in [6.07, 6.45) is 16.2. The van der Waals surface area contributed by atoms with Gasteiger partial charge in [0.1, 0.15) is 11.6 Å². The quantitative estimate of drug-likeness (QED) is 0.0466. The van der Waals surface area contributed by atoms with Crippen LogP contribution >= 0.6 is 38.6 Å². The number of nitrogen functional groups attached to an aromatic ring is 1. The molecule has 2 aliphatic carbocycles. The summed E-state index contributed by atoms with van der Waals surface area (Å²) in [6.45, 7) is 19.7. The molecule has 0 aliphatic heterocycles. The smallest absolute Gasteiger partial charge is 0.407 e. The minimum Gasteiger partial charge on any atom is -0.447 e. The van der Waals surface area contributed by atoms with Crippen LogP contribution in [-0.2, 0) is 29.5 Å². The van der Waals surface area contributed by atoms with Crippen LogP contribution in [0.25, 0.3) is 20.9 Å². The fourth-order valence-electron chi connectivity index (χ4n) is 8.98. The number of nitrogens with one attached hydrogen (secondary N) is 5. The maximum Gasteiger partial charge on any atom is 0.407 e. The lowest BCUT2D eigenvalue weighted by atomic mass is 9.86. The third kappa shape index (κ3) is 19.2. The highest BCUT2D eigenvalue weighted by molar-refractivity contribution is 9.10. The fourth-order valence-corrected chi connectivity index (χ4v) is 14.4. The highest BCUT2D eigenvalue weighted by Gasteiger charge is 2.30. The summed E-state index contributed by atoms with van der Waals surface area (Å²) in [5.41, 5.74) is 9.07. The van der Waals surface area contributed by atoms with Gasteiger partial charge in [-0.3, -0.25) is 9.97 Å². The summed E-state index contributed by atoms with van der Waals surface area (Å²) >= 11 is 6.43. The van der Waals surface area contributed by atoms with Crippen LogP contribution in [0.3, 0.4) is 0 Å². The Morgan fingerprint density at radius 1 is 0.593 bits per heavy atom. The third-order valence-electron chi connectivity index (χ3n) is 13.1. The molecule has 0 bridgehead atoms. The number of hydrogen-bond donors (Lipinski definition) is 6. The molecule has 0 unspecified atom stereocenters.